The molecule has 0 radical (unpaired) electrons. The number of rotatable bonds is 9. The molecule has 1 aliphatic heterocycles. The highest BCUT2D eigenvalue weighted by Gasteiger charge is 2.30. The van der Waals surface area contributed by atoms with E-state index >= 15 is 0 Å². The minimum absolute atomic E-state index is 0.263. The van der Waals surface area contributed by atoms with Gasteiger partial charge in [0.05, 0.1) is 12.3 Å². The summed E-state index contributed by atoms with van der Waals surface area (Å²) >= 11 is 0. The minimum atomic E-state index is -0.570. The van der Waals surface area contributed by atoms with Crippen LogP contribution in [0.4, 0.5) is 22.1 Å². The Morgan fingerprint density at radius 3 is 2.47 bits per heavy atom. The number of piperazine rings is 1. The Balaban J connectivity index is 1.32. The van der Waals surface area contributed by atoms with Crippen LogP contribution in [0.5, 0.6) is 0 Å². The van der Waals surface area contributed by atoms with Crippen molar-refractivity contribution in [2.45, 2.75) is 59.1 Å². The van der Waals surface area contributed by atoms with E-state index in [1.54, 1.807) is 11.6 Å². The number of aromatic nitrogens is 4. The van der Waals surface area contributed by atoms with Crippen LogP contribution in [0.25, 0.3) is 11.4 Å². The van der Waals surface area contributed by atoms with Gasteiger partial charge in [0.1, 0.15) is 17.0 Å². The number of carbonyl (C=O) groups is 2. The first-order chi connectivity index (χ1) is 20.6. The van der Waals surface area contributed by atoms with Gasteiger partial charge in [-0.05, 0) is 83.8 Å². The molecule has 230 valence electrons. The summed E-state index contributed by atoms with van der Waals surface area (Å²) in [6, 6.07) is 8.33. The molecule has 2 aromatic heterocycles. The van der Waals surface area contributed by atoms with E-state index in [-0.39, 0.29) is 6.61 Å². The molecule has 0 spiro atoms. The Morgan fingerprint density at radius 1 is 1.02 bits per heavy atom. The maximum Gasteiger partial charge on any atom is 0.407 e. The molecular weight excluding hydrogens is 548 g/mol. The lowest BCUT2D eigenvalue weighted by molar-refractivity contribution is 0.0500. The van der Waals surface area contributed by atoms with Gasteiger partial charge in [0.2, 0.25) is 5.95 Å². The largest absolute Gasteiger partial charge is 0.461 e. The third-order valence-corrected chi connectivity index (χ3v) is 7.46. The van der Waals surface area contributed by atoms with Gasteiger partial charge < -0.3 is 29.9 Å². The van der Waals surface area contributed by atoms with Gasteiger partial charge in [0, 0.05) is 62.4 Å². The standard InChI is InChI=1S/C31H42N8O4/c1-6-42-28(40)27-24-13-8-21-20-33-29(34-22-9-11-23(12-10-22)38-18-16-37(5)17-19-38)35-25(21)26(24)36-39(27)15-7-14-32-30(41)43-31(2,3)4/h9-12,20H,6-8,13-19H2,1-5H3,(H,32,41)(H,33,34,35). The second kappa shape index (κ2) is 13.0. The maximum absolute atomic E-state index is 13.1. The number of ether oxygens (including phenoxy) is 2. The first-order valence-electron chi connectivity index (χ1n) is 15.0. The Labute approximate surface area is 252 Å². The number of likely N-dealkylation sites (N-methyl/N-ethyl adjacent to an activating group) is 1. The number of alkyl carbamates (subject to hydrolysis) is 1. The fourth-order valence-electron chi connectivity index (χ4n) is 5.31. The van der Waals surface area contributed by atoms with Gasteiger partial charge in [-0.3, -0.25) is 4.68 Å². The quantitative estimate of drug-likeness (QED) is 0.279. The normalized spacial score (nSPS) is 15.0. The van der Waals surface area contributed by atoms with Crippen LogP contribution >= 0.6 is 0 Å². The summed E-state index contributed by atoms with van der Waals surface area (Å²) in [6.07, 6.45) is 3.24. The molecular formula is C31H42N8O4. The van der Waals surface area contributed by atoms with Crippen molar-refractivity contribution in [2.75, 3.05) is 56.6 Å². The average molecular weight is 591 g/mol. The average Bonchev–Trinajstić information content (AvgIpc) is 3.34. The summed E-state index contributed by atoms with van der Waals surface area (Å²) < 4.78 is 12.4. The molecule has 0 bridgehead atoms. The summed E-state index contributed by atoms with van der Waals surface area (Å²) in [5, 5.41) is 10.9. The van der Waals surface area contributed by atoms with Crippen molar-refractivity contribution in [1.29, 1.82) is 0 Å². The zero-order valence-corrected chi connectivity index (χ0v) is 25.8. The molecule has 43 heavy (non-hydrogen) atoms. The van der Waals surface area contributed by atoms with Crippen molar-refractivity contribution in [1.82, 2.24) is 30.0 Å². The van der Waals surface area contributed by atoms with Crippen LogP contribution in [-0.2, 0) is 28.9 Å². The third kappa shape index (κ3) is 7.42. The number of amides is 1. The number of fused-ring (bicyclic) bond motifs is 3. The molecule has 0 unspecified atom stereocenters. The first kappa shape index (κ1) is 30.3. The number of benzene rings is 1. The highest BCUT2D eigenvalue weighted by molar-refractivity contribution is 5.92. The lowest BCUT2D eigenvalue weighted by Crippen LogP contribution is -2.44. The molecule has 2 N–H and O–H groups in total. The molecule has 3 aromatic rings. The van der Waals surface area contributed by atoms with Gasteiger partial charge in [0.25, 0.3) is 0 Å². The number of hydrogen-bond acceptors (Lipinski definition) is 10. The second-order valence-corrected chi connectivity index (χ2v) is 11.9. The number of carbonyl (C=O) groups excluding carboxylic acids is 2. The lowest BCUT2D eigenvalue weighted by Gasteiger charge is -2.34. The number of esters is 1. The SMILES string of the molecule is CCOC(=O)c1c2c(nn1CCCNC(=O)OC(C)(C)C)-c1nc(Nc3ccc(N4CCN(C)CC4)cc3)ncc1CC2. The van der Waals surface area contributed by atoms with Gasteiger partial charge in [0.15, 0.2) is 0 Å². The van der Waals surface area contributed by atoms with Crippen LogP contribution in [0.3, 0.4) is 0 Å². The van der Waals surface area contributed by atoms with Gasteiger partial charge >= 0.3 is 12.1 Å². The van der Waals surface area contributed by atoms with Crippen LogP contribution in [0.1, 0.15) is 55.7 Å². The lowest BCUT2D eigenvalue weighted by atomic mass is 9.93. The number of aryl methyl sites for hydroxylation is 2. The van der Waals surface area contributed by atoms with Gasteiger partial charge in [-0.1, -0.05) is 0 Å². The number of hydrogen-bond donors (Lipinski definition) is 2. The molecule has 0 saturated carbocycles. The van der Waals surface area contributed by atoms with E-state index in [0.717, 1.165) is 43.0 Å². The summed E-state index contributed by atoms with van der Waals surface area (Å²) in [7, 11) is 2.15. The highest BCUT2D eigenvalue weighted by atomic mass is 16.6. The first-order valence-corrected chi connectivity index (χ1v) is 15.0. The van der Waals surface area contributed by atoms with Crippen molar-refractivity contribution in [3.63, 3.8) is 0 Å². The Morgan fingerprint density at radius 2 is 1.77 bits per heavy atom. The Hall–Kier alpha value is -4.19. The summed E-state index contributed by atoms with van der Waals surface area (Å²) in [4.78, 5) is 39.2. The molecule has 12 heteroatoms. The number of nitrogens with one attached hydrogen (secondary N) is 2. The maximum atomic E-state index is 13.1. The molecule has 1 amide bonds. The van der Waals surface area contributed by atoms with Crippen molar-refractivity contribution in [3.05, 3.63) is 47.3 Å². The summed E-state index contributed by atoms with van der Waals surface area (Å²) in [5.74, 6) is 0.0559. The van der Waals surface area contributed by atoms with Gasteiger partial charge in [-0.15, -0.1) is 0 Å². The molecule has 1 fully saturated rings. The molecule has 2 aliphatic rings. The van der Waals surface area contributed by atoms with E-state index in [9.17, 15) is 9.59 Å². The fraction of sp³-hybridized carbons (Fsp3) is 0.516. The van der Waals surface area contributed by atoms with E-state index in [2.05, 4.69) is 44.6 Å². The summed E-state index contributed by atoms with van der Waals surface area (Å²) in [5.41, 5.74) is 5.15. The van der Waals surface area contributed by atoms with E-state index < -0.39 is 17.7 Å². The number of anilines is 3. The van der Waals surface area contributed by atoms with Crippen LogP contribution < -0.4 is 15.5 Å². The third-order valence-electron chi connectivity index (χ3n) is 7.46. The highest BCUT2D eigenvalue weighted by Crippen LogP contribution is 2.34. The van der Waals surface area contributed by atoms with E-state index in [1.165, 1.54) is 5.69 Å². The van der Waals surface area contributed by atoms with E-state index in [1.807, 2.05) is 39.1 Å². The van der Waals surface area contributed by atoms with Crippen LogP contribution in [-0.4, -0.2) is 88.7 Å². The smallest absolute Gasteiger partial charge is 0.407 e. The zero-order valence-electron chi connectivity index (χ0n) is 25.8. The molecule has 1 aromatic carbocycles. The second-order valence-electron chi connectivity index (χ2n) is 11.9. The topological polar surface area (TPSA) is 127 Å². The van der Waals surface area contributed by atoms with E-state index in [0.29, 0.717) is 55.4 Å². The van der Waals surface area contributed by atoms with E-state index in [4.69, 9.17) is 19.6 Å². The predicted octanol–water partition coefficient (Wildman–Crippen LogP) is 4.03. The molecule has 1 aliphatic carbocycles. The van der Waals surface area contributed by atoms with Gasteiger partial charge in [-0.2, -0.15) is 5.10 Å². The van der Waals surface area contributed by atoms with Crippen molar-refractivity contribution < 1.29 is 19.1 Å². The molecule has 3 heterocycles. The predicted molar refractivity (Wildman–Crippen MR) is 165 cm³/mol. The Bertz CT molecular complexity index is 1440. The molecule has 0 atom stereocenters. The van der Waals surface area contributed by atoms with Crippen LogP contribution in [0.2, 0.25) is 0 Å². The van der Waals surface area contributed by atoms with Crippen LogP contribution in [0.15, 0.2) is 30.5 Å². The Kier molecular flexibility index (Phi) is 9.14. The van der Waals surface area contributed by atoms with Crippen molar-refractivity contribution in [3.8, 4) is 11.4 Å². The van der Waals surface area contributed by atoms with Crippen molar-refractivity contribution in [2.24, 2.45) is 0 Å². The molecule has 12 nitrogen and oxygen atoms in total. The van der Waals surface area contributed by atoms with Crippen LogP contribution in [0, 0.1) is 0 Å². The summed E-state index contributed by atoms with van der Waals surface area (Å²) in [6.45, 7) is 12.4. The zero-order chi connectivity index (χ0) is 30.6. The minimum Gasteiger partial charge on any atom is -0.461 e. The monoisotopic (exact) mass is 590 g/mol. The molecule has 5 rings (SSSR count). The van der Waals surface area contributed by atoms with Crippen molar-refractivity contribution >= 4 is 29.4 Å². The van der Waals surface area contributed by atoms with Gasteiger partial charge in [-0.25, -0.2) is 19.6 Å². The number of nitrogens with zero attached hydrogens (tertiary/aromatic N) is 6. The molecule has 1 saturated heterocycles. The fourth-order valence-corrected chi connectivity index (χ4v) is 5.31.